The van der Waals surface area contributed by atoms with Crippen LogP contribution in [-0.2, 0) is 6.54 Å². The molecular weight excluding hydrogens is 258 g/mol. The van der Waals surface area contributed by atoms with Gasteiger partial charge in [0, 0.05) is 30.9 Å². The molecule has 3 heteroatoms. The number of piperidine rings is 1. The summed E-state index contributed by atoms with van der Waals surface area (Å²) in [6, 6.07) is 2.21. The molecule has 2 rings (SSSR count). The Bertz CT molecular complexity index is 448. The molecule has 1 aromatic heterocycles. The van der Waals surface area contributed by atoms with Gasteiger partial charge in [0.05, 0.1) is 0 Å². The summed E-state index contributed by atoms with van der Waals surface area (Å²) in [5, 5.41) is 3.54. The van der Waals surface area contributed by atoms with E-state index in [4.69, 9.17) is 4.98 Å². The molecule has 1 aliphatic rings. The molecule has 0 aromatic carbocycles. The zero-order chi connectivity index (χ0) is 15.2. The largest absolute Gasteiger partial charge is 0.356 e. The topological polar surface area (TPSA) is 28.2 Å². The molecule has 118 valence electrons. The third-order valence-corrected chi connectivity index (χ3v) is 4.67. The molecule has 0 amide bonds. The maximum atomic E-state index is 4.87. The molecule has 0 bridgehead atoms. The summed E-state index contributed by atoms with van der Waals surface area (Å²) < 4.78 is 0. The normalized spacial score (nSPS) is 16.5. The van der Waals surface area contributed by atoms with Crippen molar-refractivity contribution in [3.8, 4) is 0 Å². The molecule has 21 heavy (non-hydrogen) atoms. The second-order valence-electron chi connectivity index (χ2n) is 6.40. The predicted octanol–water partition coefficient (Wildman–Crippen LogP) is 3.82. The minimum Gasteiger partial charge on any atom is -0.356 e. The van der Waals surface area contributed by atoms with Crippen molar-refractivity contribution in [1.29, 1.82) is 0 Å². The molecule has 1 aliphatic heterocycles. The van der Waals surface area contributed by atoms with Crippen molar-refractivity contribution in [1.82, 2.24) is 10.3 Å². The van der Waals surface area contributed by atoms with Gasteiger partial charge in [-0.15, -0.1) is 0 Å². The van der Waals surface area contributed by atoms with Crippen LogP contribution in [0.2, 0.25) is 0 Å². The number of pyridine rings is 1. The van der Waals surface area contributed by atoms with E-state index in [0.717, 1.165) is 37.8 Å². The second kappa shape index (κ2) is 7.79. The fourth-order valence-electron chi connectivity index (χ4n) is 3.27. The van der Waals surface area contributed by atoms with Crippen LogP contribution < -0.4 is 10.2 Å². The molecule has 1 fully saturated rings. The van der Waals surface area contributed by atoms with E-state index >= 15 is 0 Å². The lowest BCUT2D eigenvalue weighted by atomic mass is 9.94. The van der Waals surface area contributed by atoms with Crippen LogP contribution in [0.5, 0.6) is 0 Å². The van der Waals surface area contributed by atoms with Crippen LogP contribution in [0.4, 0.5) is 5.82 Å². The fourth-order valence-corrected chi connectivity index (χ4v) is 3.27. The van der Waals surface area contributed by atoms with Crippen LogP contribution in [0.25, 0.3) is 0 Å². The number of aryl methyl sites for hydroxylation is 2. The monoisotopic (exact) mass is 289 g/mol. The number of nitrogens with zero attached hydrogens (tertiary/aromatic N) is 2. The van der Waals surface area contributed by atoms with Gasteiger partial charge in [-0.1, -0.05) is 20.3 Å². The summed E-state index contributed by atoms with van der Waals surface area (Å²) in [5.74, 6) is 2.14. The Kier molecular flexibility index (Phi) is 6.04. The van der Waals surface area contributed by atoms with Crippen LogP contribution in [0.15, 0.2) is 6.07 Å². The Morgan fingerprint density at radius 3 is 2.57 bits per heavy atom. The quantitative estimate of drug-likeness (QED) is 0.807. The molecule has 0 radical (unpaired) electrons. The molecule has 1 saturated heterocycles. The molecule has 3 nitrogen and oxygen atoms in total. The van der Waals surface area contributed by atoms with E-state index in [0.29, 0.717) is 0 Å². The lowest BCUT2D eigenvalue weighted by Gasteiger charge is -2.34. The molecule has 0 atom stereocenters. The maximum absolute atomic E-state index is 4.87. The third kappa shape index (κ3) is 4.19. The molecule has 0 saturated carbocycles. The van der Waals surface area contributed by atoms with Gasteiger partial charge >= 0.3 is 0 Å². The van der Waals surface area contributed by atoms with Crippen molar-refractivity contribution in [3.05, 3.63) is 22.9 Å². The van der Waals surface area contributed by atoms with Crippen molar-refractivity contribution >= 4 is 5.82 Å². The number of anilines is 1. The Balaban J connectivity index is 2.16. The smallest absolute Gasteiger partial charge is 0.133 e. The minimum atomic E-state index is 0.911. The van der Waals surface area contributed by atoms with Crippen molar-refractivity contribution in [2.45, 2.75) is 59.9 Å². The van der Waals surface area contributed by atoms with Crippen LogP contribution >= 0.6 is 0 Å². The van der Waals surface area contributed by atoms with Gasteiger partial charge in [0.15, 0.2) is 0 Å². The predicted molar refractivity (Wildman–Crippen MR) is 90.9 cm³/mol. The van der Waals surface area contributed by atoms with Crippen LogP contribution in [-0.4, -0.2) is 24.6 Å². The highest BCUT2D eigenvalue weighted by Gasteiger charge is 2.21. The van der Waals surface area contributed by atoms with Crippen LogP contribution in [0.3, 0.4) is 0 Å². The van der Waals surface area contributed by atoms with Gasteiger partial charge in [0.2, 0.25) is 0 Å². The highest BCUT2D eigenvalue weighted by Crippen LogP contribution is 2.28. The SMILES string of the molecule is CCCNCc1c(C)cc(C)nc1N1CCC(CC)CC1. The highest BCUT2D eigenvalue weighted by atomic mass is 15.2. The maximum Gasteiger partial charge on any atom is 0.133 e. The first-order valence-corrected chi connectivity index (χ1v) is 8.58. The van der Waals surface area contributed by atoms with Crippen molar-refractivity contribution < 1.29 is 0 Å². The van der Waals surface area contributed by atoms with Crippen molar-refractivity contribution in [2.24, 2.45) is 5.92 Å². The number of nitrogens with one attached hydrogen (secondary N) is 1. The number of rotatable bonds is 6. The number of aromatic nitrogens is 1. The van der Waals surface area contributed by atoms with Gasteiger partial charge < -0.3 is 10.2 Å². The van der Waals surface area contributed by atoms with E-state index in [1.54, 1.807) is 0 Å². The van der Waals surface area contributed by atoms with E-state index in [2.05, 4.69) is 44.0 Å². The molecular formula is C18H31N3. The molecule has 0 aliphatic carbocycles. The lowest BCUT2D eigenvalue weighted by Crippen LogP contribution is -2.35. The van der Waals surface area contributed by atoms with E-state index in [1.807, 2.05) is 0 Å². The average Bonchev–Trinajstić information content (AvgIpc) is 2.49. The average molecular weight is 289 g/mol. The van der Waals surface area contributed by atoms with Crippen molar-refractivity contribution in [3.63, 3.8) is 0 Å². The summed E-state index contributed by atoms with van der Waals surface area (Å²) in [6.45, 7) is 13.2. The summed E-state index contributed by atoms with van der Waals surface area (Å²) >= 11 is 0. The van der Waals surface area contributed by atoms with Gasteiger partial charge in [-0.2, -0.15) is 0 Å². The number of hydrogen-bond donors (Lipinski definition) is 1. The van der Waals surface area contributed by atoms with E-state index < -0.39 is 0 Å². The molecule has 2 heterocycles. The summed E-state index contributed by atoms with van der Waals surface area (Å²) in [7, 11) is 0. The van der Waals surface area contributed by atoms with Gasteiger partial charge in [-0.3, -0.25) is 0 Å². The molecule has 0 spiro atoms. The van der Waals surface area contributed by atoms with Crippen LogP contribution in [0, 0.1) is 19.8 Å². The second-order valence-corrected chi connectivity index (χ2v) is 6.40. The standard InChI is InChI=1S/C18H31N3/c1-5-9-19-13-17-14(3)12-15(4)20-18(17)21-10-7-16(6-2)8-11-21/h12,16,19H,5-11,13H2,1-4H3. The van der Waals surface area contributed by atoms with E-state index in [1.165, 1.54) is 42.6 Å². The third-order valence-electron chi connectivity index (χ3n) is 4.67. The van der Waals surface area contributed by atoms with E-state index in [9.17, 15) is 0 Å². The van der Waals surface area contributed by atoms with Gasteiger partial charge in [-0.25, -0.2) is 4.98 Å². The Hall–Kier alpha value is -1.09. The lowest BCUT2D eigenvalue weighted by molar-refractivity contribution is 0.393. The highest BCUT2D eigenvalue weighted by molar-refractivity contribution is 5.52. The van der Waals surface area contributed by atoms with Gasteiger partial charge in [0.1, 0.15) is 5.82 Å². The molecule has 1 aromatic rings. The van der Waals surface area contributed by atoms with Crippen molar-refractivity contribution in [2.75, 3.05) is 24.5 Å². The van der Waals surface area contributed by atoms with E-state index in [-0.39, 0.29) is 0 Å². The first kappa shape index (κ1) is 16.3. The Labute approximate surface area is 130 Å². The van der Waals surface area contributed by atoms with Gasteiger partial charge in [0.25, 0.3) is 0 Å². The zero-order valence-electron chi connectivity index (χ0n) is 14.2. The number of hydrogen-bond acceptors (Lipinski definition) is 3. The summed E-state index contributed by atoms with van der Waals surface area (Å²) in [6.07, 6.45) is 5.12. The Morgan fingerprint density at radius 1 is 1.24 bits per heavy atom. The minimum absolute atomic E-state index is 0.911. The zero-order valence-corrected chi connectivity index (χ0v) is 14.2. The molecule has 1 N–H and O–H groups in total. The first-order valence-electron chi connectivity index (χ1n) is 8.58. The van der Waals surface area contributed by atoms with Gasteiger partial charge in [-0.05, 0) is 57.2 Å². The van der Waals surface area contributed by atoms with Crippen LogP contribution in [0.1, 0.15) is 56.4 Å². The summed E-state index contributed by atoms with van der Waals surface area (Å²) in [5.41, 5.74) is 3.90. The first-order chi connectivity index (χ1) is 10.2. The molecule has 0 unspecified atom stereocenters. The summed E-state index contributed by atoms with van der Waals surface area (Å²) in [4.78, 5) is 7.38. The fraction of sp³-hybridized carbons (Fsp3) is 0.722. The Morgan fingerprint density at radius 2 is 1.95 bits per heavy atom.